The fourth-order valence-corrected chi connectivity index (χ4v) is 4.48. The second-order valence-electron chi connectivity index (χ2n) is 9.63. The number of aromatic nitrogens is 3. The zero-order valence-electron chi connectivity index (χ0n) is 21.4. The highest BCUT2D eigenvalue weighted by Crippen LogP contribution is 2.25. The zero-order valence-corrected chi connectivity index (χ0v) is 22.2. The molecule has 0 unspecified atom stereocenters. The Balaban J connectivity index is 1.52. The molecule has 1 N–H and O–H groups in total. The first kappa shape index (κ1) is 26.5. The number of aryl methyl sites for hydroxylation is 3. The van der Waals surface area contributed by atoms with Crippen molar-refractivity contribution in [2.24, 2.45) is 0 Å². The second kappa shape index (κ2) is 12.1. The molecular weight excluding hydrogens is 456 g/mol. The fraction of sp³-hybridized carbons (Fsp3) is 0.393. The number of nitrogens with one attached hydrogen (secondary N) is 1. The van der Waals surface area contributed by atoms with Crippen molar-refractivity contribution in [1.82, 2.24) is 14.8 Å². The molecule has 1 aromatic heterocycles. The monoisotopic (exact) mass is 492 g/mol. The molecule has 0 atom stereocenters. The van der Waals surface area contributed by atoms with Crippen molar-refractivity contribution in [2.75, 3.05) is 17.7 Å². The molecule has 0 radical (unpaired) electrons. The van der Waals surface area contributed by atoms with Crippen molar-refractivity contribution in [2.45, 2.75) is 64.6 Å². The number of thioether (sulfide) groups is 1. The van der Waals surface area contributed by atoms with Crippen molar-refractivity contribution in [3.63, 3.8) is 0 Å². The number of hydrogen-bond acceptors (Lipinski definition) is 5. The van der Waals surface area contributed by atoms with Crippen LogP contribution in [0.15, 0.2) is 60.3 Å². The van der Waals surface area contributed by atoms with Crippen LogP contribution in [0.1, 0.15) is 49.7 Å². The lowest BCUT2D eigenvalue weighted by Crippen LogP contribution is -2.16. The molecule has 0 bridgehead atoms. The van der Waals surface area contributed by atoms with Gasteiger partial charge in [-0.1, -0.05) is 68.9 Å². The smallest absolute Gasteiger partial charge is 0.234 e. The molecule has 7 heteroatoms. The Morgan fingerprint density at radius 3 is 2.43 bits per heavy atom. The number of carbonyl (C=O) groups is 1. The van der Waals surface area contributed by atoms with Crippen LogP contribution in [0, 0.1) is 13.8 Å². The summed E-state index contributed by atoms with van der Waals surface area (Å²) in [6.07, 6.45) is 3.37. The van der Waals surface area contributed by atoms with Crippen LogP contribution in [0.3, 0.4) is 0 Å². The van der Waals surface area contributed by atoms with Gasteiger partial charge in [-0.05, 0) is 54.5 Å². The summed E-state index contributed by atoms with van der Waals surface area (Å²) in [4.78, 5) is 12.6. The summed E-state index contributed by atoms with van der Waals surface area (Å²) in [7, 11) is 0. The van der Waals surface area contributed by atoms with Gasteiger partial charge in [-0.2, -0.15) is 0 Å². The van der Waals surface area contributed by atoms with Gasteiger partial charge >= 0.3 is 0 Å². The van der Waals surface area contributed by atoms with E-state index < -0.39 is 0 Å². The van der Waals surface area contributed by atoms with Crippen LogP contribution in [-0.4, -0.2) is 33.0 Å². The number of allylic oxidation sites excluding steroid dienone is 1. The number of benzene rings is 2. The van der Waals surface area contributed by atoms with Gasteiger partial charge in [0, 0.05) is 18.7 Å². The van der Waals surface area contributed by atoms with E-state index in [-0.39, 0.29) is 17.1 Å². The Kier molecular flexibility index (Phi) is 9.15. The van der Waals surface area contributed by atoms with Gasteiger partial charge < -0.3 is 14.6 Å². The number of ether oxygens (including phenoxy) is 1. The topological polar surface area (TPSA) is 69.0 Å². The molecular formula is C28H36N4O2S. The summed E-state index contributed by atoms with van der Waals surface area (Å²) in [5.74, 6) is 1.94. The number of carbonyl (C=O) groups excluding carboxylic acids is 1. The van der Waals surface area contributed by atoms with Gasteiger partial charge in [0.25, 0.3) is 0 Å². The Hall–Kier alpha value is -3.06. The van der Waals surface area contributed by atoms with Crippen molar-refractivity contribution >= 4 is 23.4 Å². The molecule has 0 saturated heterocycles. The second-order valence-corrected chi connectivity index (χ2v) is 10.6. The van der Waals surface area contributed by atoms with Crippen molar-refractivity contribution in [1.29, 1.82) is 0 Å². The fourth-order valence-electron chi connectivity index (χ4n) is 3.71. The van der Waals surface area contributed by atoms with Gasteiger partial charge in [-0.15, -0.1) is 16.8 Å². The number of para-hydroxylation sites is 1. The van der Waals surface area contributed by atoms with E-state index in [0.29, 0.717) is 13.2 Å². The summed E-state index contributed by atoms with van der Waals surface area (Å²) < 4.78 is 7.94. The Morgan fingerprint density at radius 2 is 1.80 bits per heavy atom. The first-order chi connectivity index (χ1) is 16.7. The first-order valence-electron chi connectivity index (χ1n) is 11.9. The standard InChI is InChI=1S/C28H36N4O2S/c1-7-17-32-24(12-9-18-34-23-15-13-22(14-16-23)28(4,5)6)30-31-27(32)35-19-25(33)29-26-20(2)10-8-11-21(26)3/h7-8,10-11,13-16H,1,9,12,17-19H2,2-6H3,(H,29,33). The third-order valence-electron chi connectivity index (χ3n) is 5.72. The van der Waals surface area contributed by atoms with Crippen LogP contribution in [-0.2, 0) is 23.2 Å². The maximum absolute atomic E-state index is 12.6. The van der Waals surface area contributed by atoms with Crippen LogP contribution in [0.2, 0.25) is 0 Å². The van der Waals surface area contributed by atoms with Crippen molar-refractivity contribution in [3.05, 3.63) is 77.6 Å². The maximum Gasteiger partial charge on any atom is 0.234 e. The molecule has 6 nitrogen and oxygen atoms in total. The third-order valence-corrected chi connectivity index (χ3v) is 6.68. The van der Waals surface area contributed by atoms with Crippen LogP contribution in [0.4, 0.5) is 5.69 Å². The zero-order chi connectivity index (χ0) is 25.4. The molecule has 3 rings (SSSR count). The summed E-state index contributed by atoms with van der Waals surface area (Å²) in [5.41, 5.74) is 4.39. The van der Waals surface area contributed by atoms with Gasteiger partial charge in [0.05, 0.1) is 12.4 Å². The summed E-state index contributed by atoms with van der Waals surface area (Å²) in [5, 5.41) is 12.4. The van der Waals surface area contributed by atoms with Crippen molar-refractivity contribution in [3.8, 4) is 5.75 Å². The number of anilines is 1. The van der Waals surface area contributed by atoms with Crippen LogP contribution < -0.4 is 10.1 Å². The molecule has 0 saturated carbocycles. The first-order valence-corrected chi connectivity index (χ1v) is 12.9. The van der Waals surface area contributed by atoms with Gasteiger partial charge in [-0.25, -0.2) is 0 Å². The van der Waals surface area contributed by atoms with Gasteiger partial charge in [0.2, 0.25) is 5.91 Å². The highest BCUT2D eigenvalue weighted by molar-refractivity contribution is 7.99. The summed E-state index contributed by atoms with van der Waals surface area (Å²) >= 11 is 1.38. The molecule has 3 aromatic rings. The molecule has 0 fully saturated rings. The highest BCUT2D eigenvalue weighted by Gasteiger charge is 2.15. The third kappa shape index (κ3) is 7.46. The summed E-state index contributed by atoms with van der Waals surface area (Å²) in [6.45, 7) is 15.6. The Labute approximate surface area is 213 Å². The van der Waals surface area contributed by atoms with E-state index in [4.69, 9.17) is 4.74 Å². The number of hydrogen-bond donors (Lipinski definition) is 1. The maximum atomic E-state index is 12.6. The van der Waals surface area contributed by atoms with E-state index in [2.05, 4.69) is 55.0 Å². The van der Waals surface area contributed by atoms with E-state index in [9.17, 15) is 4.79 Å². The Bertz CT molecular complexity index is 1130. The van der Waals surface area contributed by atoms with Crippen LogP contribution >= 0.6 is 11.8 Å². The van der Waals surface area contributed by atoms with Crippen molar-refractivity contribution < 1.29 is 9.53 Å². The Morgan fingerprint density at radius 1 is 1.11 bits per heavy atom. The van der Waals surface area contributed by atoms with Gasteiger partial charge in [0.1, 0.15) is 11.6 Å². The molecule has 0 aliphatic carbocycles. The van der Waals surface area contributed by atoms with E-state index in [1.165, 1.54) is 17.3 Å². The molecule has 0 aliphatic heterocycles. The highest BCUT2D eigenvalue weighted by atomic mass is 32.2. The van der Waals surface area contributed by atoms with Gasteiger partial charge in [-0.3, -0.25) is 4.79 Å². The quantitative estimate of drug-likeness (QED) is 0.198. The molecule has 35 heavy (non-hydrogen) atoms. The van der Waals surface area contributed by atoms with E-state index in [0.717, 1.165) is 46.4 Å². The SMILES string of the molecule is C=CCn1c(CCCOc2ccc(C(C)(C)C)cc2)nnc1SCC(=O)Nc1c(C)cccc1C. The molecule has 0 aliphatic rings. The lowest BCUT2D eigenvalue weighted by Gasteiger charge is -2.19. The minimum Gasteiger partial charge on any atom is -0.494 e. The largest absolute Gasteiger partial charge is 0.494 e. The van der Waals surface area contributed by atoms with Crippen LogP contribution in [0.5, 0.6) is 5.75 Å². The number of rotatable bonds is 11. The molecule has 186 valence electrons. The minimum absolute atomic E-state index is 0.0621. The average molecular weight is 493 g/mol. The van der Waals surface area contributed by atoms with E-state index >= 15 is 0 Å². The number of nitrogens with zero attached hydrogens (tertiary/aromatic N) is 3. The van der Waals surface area contributed by atoms with Gasteiger partial charge in [0.15, 0.2) is 5.16 Å². The minimum atomic E-state index is -0.0621. The van der Waals surface area contributed by atoms with Crippen LogP contribution in [0.25, 0.3) is 0 Å². The molecule has 1 amide bonds. The molecule has 1 heterocycles. The molecule has 2 aromatic carbocycles. The normalized spacial score (nSPS) is 11.3. The predicted molar refractivity (Wildman–Crippen MR) is 144 cm³/mol. The number of amides is 1. The predicted octanol–water partition coefficient (Wildman–Crippen LogP) is 6.12. The van der Waals surface area contributed by atoms with E-state index in [1.807, 2.05) is 54.8 Å². The lowest BCUT2D eigenvalue weighted by atomic mass is 9.87. The summed E-state index contributed by atoms with van der Waals surface area (Å²) in [6, 6.07) is 14.3. The lowest BCUT2D eigenvalue weighted by molar-refractivity contribution is -0.113. The van der Waals surface area contributed by atoms with E-state index in [1.54, 1.807) is 0 Å². The average Bonchev–Trinajstić information content (AvgIpc) is 3.19. The molecule has 0 spiro atoms.